The highest BCUT2D eigenvalue weighted by atomic mass is 31.2. The van der Waals surface area contributed by atoms with Crippen LogP contribution in [0.3, 0.4) is 0 Å². The van der Waals surface area contributed by atoms with Crippen LogP contribution in [-0.4, -0.2) is 9.79 Å². The topological polar surface area (TPSA) is 57.5 Å². The van der Waals surface area contributed by atoms with E-state index in [4.69, 9.17) is 9.79 Å². The van der Waals surface area contributed by atoms with Crippen molar-refractivity contribution in [1.82, 2.24) is 0 Å². The second-order valence-corrected chi connectivity index (χ2v) is 6.22. The van der Waals surface area contributed by atoms with Crippen LogP contribution in [0.1, 0.15) is 31.4 Å². The van der Waals surface area contributed by atoms with Crippen LogP contribution >= 0.6 is 7.60 Å². The van der Waals surface area contributed by atoms with Gasteiger partial charge in [-0.15, -0.1) is 0 Å². The van der Waals surface area contributed by atoms with Gasteiger partial charge in [0.25, 0.3) is 0 Å². The van der Waals surface area contributed by atoms with Gasteiger partial charge in [-0.3, -0.25) is 4.57 Å². The summed E-state index contributed by atoms with van der Waals surface area (Å²) >= 11 is 0. The highest BCUT2D eigenvalue weighted by Crippen LogP contribution is 2.38. The molecule has 4 heteroatoms. The quantitative estimate of drug-likeness (QED) is 0.780. The third kappa shape index (κ3) is 5.45. The zero-order chi connectivity index (χ0) is 12.2. The van der Waals surface area contributed by atoms with Gasteiger partial charge in [0, 0.05) is 0 Å². The molecular formula is C12H19O3P. The van der Waals surface area contributed by atoms with Gasteiger partial charge < -0.3 is 9.79 Å². The van der Waals surface area contributed by atoms with Gasteiger partial charge in [0.15, 0.2) is 0 Å². The van der Waals surface area contributed by atoms with E-state index in [0.29, 0.717) is 11.5 Å². The Bertz CT molecular complexity index is 364. The van der Waals surface area contributed by atoms with E-state index in [0.717, 1.165) is 12.8 Å². The molecule has 1 aromatic rings. The van der Waals surface area contributed by atoms with E-state index in [1.807, 2.05) is 12.1 Å². The van der Waals surface area contributed by atoms with E-state index in [2.05, 4.69) is 13.8 Å². The summed E-state index contributed by atoms with van der Waals surface area (Å²) in [6.45, 7) is 4.37. The molecule has 0 aliphatic rings. The number of benzene rings is 1. The number of aryl methyl sites for hydroxylation is 1. The lowest BCUT2D eigenvalue weighted by molar-refractivity contribution is 0.371. The van der Waals surface area contributed by atoms with E-state index >= 15 is 0 Å². The number of hydrogen-bond acceptors (Lipinski definition) is 1. The molecule has 2 N–H and O–H groups in total. The minimum absolute atomic E-state index is 0.169. The molecule has 3 nitrogen and oxygen atoms in total. The normalized spacial score (nSPS) is 12.1. The predicted octanol–water partition coefficient (Wildman–Crippen LogP) is 2.95. The Labute approximate surface area is 96.7 Å². The first-order valence-electron chi connectivity index (χ1n) is 5.49. The molecule has 1 rings (SSSR count). The van der Waals surface area contributed by atoms with Crippen molar-refractivity contribution in [2.75, 3.05) is 0 Å². The van der Waals surface area contributed by atoms with Crippen LogP contribution in [0.15, 0.2) is 24.3 Å². The highest BCUT2D eigenvalue weighted by Gasteiger charge is 2.13. The van der Waals surface area contributed by atoms with Crippen molar-refractivity contribution in [2.45, 2.75) is 32.9 Å². The average molecular weight is 242 g/mol. The van der Waals surface area contributed by atoms with Gasteiger partial charge >= 0.3 is 7.60 Å². The molecule has 0 saturated heterocycles. The van der Waals surface area contributed by atoms with E-state index in [1.165, 1.54) is 5.56 Å². The Hall–Kier alpha value is -0.630. The van der Waals surface area contributed by atoms with E-state index in [9.17, 15) is 4.57 Å². The fourth-order valence-corrected chi connectivity index (χ4v) is 2.19. The zero-order valence-electron chi connectivity index (χ0n) is 9.76. The molecule has 0 bridgehead atoms. The largest absolute Gasteiger partial charge is 0.329 e. The first-order valence-corrected chi connectivity index (χ1v) is 7.29. The van der Waals surface area contributed by atoms with Crippen molar-refractivity contribution in [3.63, 3.8) is 0 Å². The van der Waals surface area contributed by atoms with Crippen molar-refractivity contribution in [3.05, 3.63) is 35.4 Å². The summed E-state index contributed by atoms with van der Waals surface area (Å²) in [5, 5.41) is 0. The molecule has 0 unspecified atom stereocenters. The smallest absolute Gasteiger partial charge is 0.324 e. The molecule has 0 aliphatic carbocycles. The van der Waals surface area contributed by atoms with Crippen molar-refractivity contribution in [1.29, 1.82) is 0 Å². The van der Waals surface area contributed by atoms with Gasteiger partial charge in [-0.2, -0.15) is 0 Å². The third-order valence-corrected chi connectivity index (χ3v) is 3.20. The van der Waals surface area contributed by atoms with Crippen LogP contribution in [0.2, 0.25) is 0 Å². The highest BCUT2D eigenvalue weighted by molar-refractivity contribution is 7.50. The van der Waals surface area contributed by atoms with Gasteiger partial charge in [-0.05, 0) is 29.9 Å². The fourth-order valence-electron chi connectivity index (χ4n) is 1.50. The Balaban J connectivity index is 2.58. The molecule has 0 aromatic heterocycles. The lowest BCUT2D eigenvalue weighted by Crippen LogP contribution is -1.93. The summed E-state index contributed by atoms with van der Waals surface area (Å²) in [6, 6.07) is 7.50. The van der Waals surface area contributed by atoms with Gasteiger partial charge in [0.2, 0.25) is 0 Å². The molecule has 0 radical (unpaired) electrons. The van der Waals surface area contributed by atoms with Gasteiger partial charge in [0.1, 0.15) is 0 Å². The van der Waals surface area contributed by atoms with Crippen LogP contribution in [0.4, 0.5) is 0 Å². The second kappa shape index (κ2) is 5.62. The molecule has 0 atom stereocenters. The van der Waals surface area contributed by atoms with Crippen molar-refractivity contribution in [2.24, 2.45) is 5.92 Å². The zero-order valence-corrected chi connectivity index (χ0v) is 10.7. The lowest BCUT2D eigenvalue weighted by atomic mass is 10.0. The Morgan fingerprint density at radius 2 is 1.62 bits per heavy atom. The number of rotatable bonds is 5. The number of hydrogen-bond donors (Lipinski definition) is 2. The van der Waals surface area contributed by atoms with E-state index < -0.39 is 7.60 Å². The van der Waals surface area contributed by atoms with Gasteiger partial charge in [-0.25, -0.2) is 0 Å². The Morgan fingerprint density at radius 3 is 2.06 bits per heavy atom. The molecule has 90 valence electrons. The minimum atomic E-state index is -3.93. The summed E-state index contributed by atoms with van der Waals surface area (Å²) in [4.78, 5) is 17.7. The maximum absolute atomic E-state index is 10.8. The van der Waals surface area contributed by atoms with Crippen molar-refractivity contribution >= 4 is 7.60 Å². The molecular weight excluding hydrogens is 223 g/mol. The monoisotopic (exact) mass is 242 g/mol. The molecule has 0 fully saturated rings. The summed E-state index contributed by atoms with van der Waals surface area (Å²) in [6.07, 6.45) is 1.99. The standard InChI is InChI=1S/C12H19O3P/c1-10(2)3-4-11-5-7-12(8-6-11)9-16(13,14)15/h5-8,10H,3-4,9H2,1-2H3,(H2,13,14,15). The molecule has 0 amide bonds. The molecule has 1 aromatic carbocycles. The van der Waals surface area contributed by atoms with Gasteiger partial charge in [0.05, 0.1) is 6.16 Å². The Morgan fingerprint density at radius 1 is 1.12 bits per heavy atom. The average Bonchev–Trinajstić information content (AvgIpc) is 2.14. The van der Waals surface area contributed by atoms with Crippen molar-refractivity contribution in [3.8, 4) is 0 Å². The summed E-state index contributed by atoms with van der Waals surface area (Å²) in [7, 11) is -3.93. The third-order valence-electron chi connectivity index (χ3n) is 2.42. The van der Waals surface area contributed by atoms with Crippen LogP contribution in [0.25, 0.3) is 0 Å². The van der Waals surface area contributed by atoms with Crippen LogP contribution in [0, 0.1) is 5.92 Å². The lowest BCUT2D eigenvalue weighted by Gasteiger charge is -2.07. The van der Waals surface area contributed by atoms with E-state index in [1.54, 1.807) is 12.1 Å². The molecule has 0 heterocycles. The molecule has 16 heavy (non-hydrogen) atoms. The van der Waals surface area contributed by atoms with Crippen molar-refractivity contribution < 1.29 is 14.4 Å². The molecule has 0 spiro atoms. The molecule has 0 saturated carbocycles. The van der Waals surface area contributed by atoms with E-state index in [-0.39, 0.29) is 6.16 Å². The second-order valence-electron chi connectivity index (χ2n) is 4.57. The first kappa shape index (κ1) is 13.4. The molecule has 0 aliphatic heterocycles. The fraction of sp³-hybridized carbons (Fsp3) is 0.500. The minimum Gasteiger partial charge on any atom is -0.324 e. The van der Waals surface area contributed by atoms with Crippen LogP contribution in [-0.2, 0) is 17.1 Å². The summed E-state index contributed by atoms with van der Waals surface area (Å²) in [5.41, 5.74) is 1.92. The Kier molecular flexibility index (Phi) is 4.72. The summed E-state index contributed by atoms with van der Waals surface area (Å²) < 4.78 is 10.8. The maximum atomic E-state index is 10.8. The van der Waals surface area contributed by atoms with Crippen LogP contribution < -0.4 is 0 Å². The van der Waals surface area contributed by atoms with Crippen LogP contribution in [0.5, 0.6) is 0 Å². The SMILES string of the molecule is CC(C)CCc1ccc(CP(=O)(O)O)cc1. The maximum Gasteiger partial charge on any atom is 0.329 e. The first-order chi connectivity index (χ1) is 7.37. The predicted molar refractivity (Wildman–Crippen MR) is 65.3 cm³/mol. The van der Waals surface area contributed by atoms with Gasteiger partial charge in [-0.1, -0.05) is 38.1 Å². The summed E-state index contributed by atoms with van der Waals surface area (Å²) in [5.74, 6) is 0.676.